The Bertz CT molecular complexity index is 648. The lowest BCUT2D eigenvalue weighted by Crippen LogP contribution is -2.08. The molecule has 1 heterocycles. The Morgan fingerprint density at radius 1 is 1.05 bits per heavy atom. The van der Waals surface area contributed by atoms with Crippen molar-refractivity contribution in [2.45, 2.75) is 6.18 Å². The van der Waals surface area contributed by atoms with Crippen molar-refractivity contribution in [1.82, 2.24) is 4.98 Å². The normalized spacial score (nSPS) is 11.6. The molecule has 0 saturated heterocycles. The number of rotatable bonds is 4. The van der Waals surface area contributed by atoms with E-state index >= 15 is 0 Å². The molecule has 0 radical (unpaired) electrons. The molecule has 0 saturated carbocycles. The van der Waals surface area contributed by atoms with Crippen molar-refractivity contribution in [3.8, 4) is 11.5 Å². The minimum Gasteiger partial charge on any atom is -0.457 e. The summed E-state index contributed by atoms with van der Waals surface area (Å²) in [7, 11) is 0. The summed E-state index contributed by atoms with van der Waals surface area (Å²) in [6, 6.07) is 10.9. The van der Waals surface area contributed by atoms with E-state index in [0.717, 1.165) is 6.07 Å². The fourth-order valence-corrected chi connectivity index (χ4v) is 1.61. The van der Waals surface area contributed by atoms with E-state index in [1.165, 1.54) is 24.3 Å². The molecule has 0 N–H and O–H groups in total. The first kappa shape index (κ1) is 14.8. The zero-order valence-electron chi connectivity index (χ0n) is 11.0. The molecule has 108 valence electrons. The standard InChI is InChI=1S/C16H12F3NO/c1-2-3-7-12-10-14(11-15(20-12)16(17,18)19)21-13-8-5-4-6-9-13/h2-11H,1H2/b7-3+. The molecular formula is C16H12F3NO. The van der Waals surface area contributed by atoms with Crippen LogP contribution in [0.4, 0.5) is 13.2 Å². The average Bonchev–Trinajstić information content (AvgIpc) is 2.45. The van der Waals surface area contributed by atoms with E-state index < -0.39 is 11.9 Å². The van der Waals surface area contributed by atoms with Gasteiger partial charge in [0.2, 0.25) is 0 Å². The maximum absolute atomic E-state index is 12.8. The van der Waals surface area contributed by atoms with E-state index in [4.69, 9.17) is 4.74 Å². The number of nitrogens with zero attached hydrogens (tertiary/aromatic N) is 1. The van der Waals surface area contributed by atoms with Gasteiger partial charge in [-0.3, -0.25) is 0 Å². The fraction of sp³-hybridized carbons (Fsp3) is 0.0625. The molecule has 21 heavy (non-hydrogen) atoms. The van der Waals surface area contributed by atoms with Crippen molar-refractivity contribution in [2.75, 3.05) is 0 Å². The van der Waals surface area contributed by atoms with Gasteiger partial charge in [-0.05, 0) is 18.2 Å². The second-order valence-corrected chi connectivity index (χ2v) is 4.12. The van der Waals surface area contributed by atoms with Crippen molar-refractivity contribution < 1.29 is 17.9 Å². The van der Waals surface area contributed by atoms with Crippen molar-refractivity contribution >= 4 is 6.08 Å². The summed E-state index contributed by atoms with van der Waals surface area (Å²) in [5.41, 5.74) is -0.852. The number of benzene rings is 1. The van der Waals surface area contributed by atoms with Gasteiger partial charge in [0.15, 0.2) is 0 Å². The second-order valence-electron chi connectivity index (χ2n) is 4.12. The number of allylic oxidation sites excluding steroid dienone is 2. The van der Waals surface area contributed by atoms with Gasteiger partial charge in [-0.1, -0.05) is 36.9 Å². The number of halogens is 3. The van der Waals surface area contributed by atoms with E-state index in [0.29, 0.717) is 5.75 Å². The lowest BCUT2D eigenvalue weighted by Gasteiger charge is -2.11. The minimum atomic E-state index is -4.53. The largest absolute Gasteiger partial charge is 0.457 e. The molecule has 2 nitrogen and oxygen atoms in total. The van der Waals surface area contributed by atoms with Crippen LogP contribution in [-0.4, -0.2) is 4.98 Å². The van der Waals surface area contributed by atoms with Crippen molar-refractivity contribution in [2.24, 2.45) is 0 Å². The van der Waals surface area contributed by atoms with Crippen LogP contribution in [0.15, 0.2) is 61.2 Å². The summed E-state index contributed by atoms with van der Waals surface area (Å²) in [4.78, 5) is 3.54. The summed E-state index contributed by atoms with van der Waals surface area (Å²) >= 11 is 0. The smallest absolute Gasteiger partial charge is 0.433 e. The highest BCUT2D eigenvalue weighted by molar-refractivity contribution is 5.50. The number of hydrogen-bond acceptors (Lipinski definition) is 2. The van der Waals surface area contributed by atoms with Gasteiger partial charge in [0.1, 0.15) is 17.2 Å². The van der Waals surface area contributed by atoms with Gasteiger partial charge in [0.25, 0.3) is 0 Å². The van der Waals surface area contributed by atoms with Crippen LogP contribution in [-0.2, 0) is 6.18 Å². The molecule has 2 rings (SSSR count). The third kappa shape index (κ3) is 4.21. The number of aromatic nitrogens is 1. The Balaban J connectivity index is 2.40. The molecule has 0 aliphatic heterocycles. The molecule has 0 aliphatic rings. The van der Waals surface area contributed by atoms with E-state index in [1.807, 2.05) is 0 Å². The van der Waals surface area contributed by atoms with Gasteiger partial charge in [-0.15, -0.1) is 0 Å². The molecule has 2 aromatic rings. The van der Waals surface area contributed by atoms with Gasteiger partial charge in [-0.25, -0.2) is 4.98 Å². The van der Waals surface area contributed by atoms with Crippen LogP contribution in [0.25, 0.3) is 6.08 Å². The number of hydrogen-bond donors (Lipinski definition) is 0. The fourth-order valence-electron chi connectivity index (χ4n) is 1.61. The van der Waals surface area contributed by atoms with Gasteiger partial charge >= 0.3 is 6.18 Å². The highest BCUT2D eigenvalue weighted by Gasteiger charge is 2.33. The van der Waals surface area contributed by atoms with Crippen LogP contribution in [0.2, 0.25) is 0 Å². The molecule has 0 fully saturated rings. The molecule has 5 heteroatoms. The van der Waals surface area contributed by atoms with Crippen LogP contribution in [0.1, 0.15) is 11.4 Å². The molecule has 0 unspecified atom stereocenters. The van der Waals surface area contributed by atoms with Crippen LogP contribution < -0.4 is 4.74 Å². The predicted molar refractivity (Wildman–Crippen MR) is 75.0 cm³/mol. The van der Waals surface area contributed by atoms with Crippen molar-refractivity contribution in [3.05, 3.63) is 72.6 Å². The van der Waals surface area contributed by atoms with Crippen LogP contribution in [0.3, 0.4) is 0 Å². The average molecular weight is 291 g/mol. The van der Waals surface area contributed by atoms with Gasteiger partial charge in [0, 0.05) is 12.1 Å². The molecule has 0 amide bonds. The SMILES string of the molecule is C=C/C=C/c1cc(Oc2ccccc2)cc(C(F)(F)F)n1. The first-order valence-electron chi connectivity index (χ1n) is 6.10. The summed E-state index contributed by atoms with van der Waals surface area (Å²) in [5, 5.41) is 0. The highest BCUT2D eigenvalue weighted by Crippen LogP contribution is 2.32. The predicted octanol–water partition coefficient (Wildman–Crippen LogP) is 5.09. The Kier molecular flexibility index (Phi) is 4.42. The molecule has 0 spiro atoms. The van der Waals surface area contributed by atoms with Crippen molar-refractivity contribution in [1.29, 1.82) is 0 Å². The quantitative estimate of drug-likeness (QED) is 0.732. The number of alkyl halides is 3. The maximum Gasteiger partial charge on any atom is 0.433 e. The molecule has 1 aromatic heterocycles. The molecule has 0 atom stereocenters. The number of ether oxygens (including phenoxy) is 1. The Hall–Kier alpha value is -2.56. The topological polar surface area (TPSA) is 22.1 Å². The van der Waals surface area contributed by atoms with Gasteiger partial charge in [0.05, 0.1) is 5.69 Å². The van der Waals surface area contributed by atoms with E-state index in [-0.39, 0.29) is 11.4 Å². The van der Waals surface area contributed by atoms with Crippen LogP contribution in [0, 0.1) is 0 Å². The monoisotopic (exact) mass is 291 g/mol. The van der Waals surface area contributed by atoms with Crippen LogP contribution in [0.5, 0.6) is 11.5 Å². The van der Waals surface area contributed by atoms with Gasteiger partial charge in [-0.2, -0.15) is 13.2 Å². The molecule has 0 aliphatic carbocycles. The first-order chi connectivity index (χ1) is 9.99. The van der Waals surface area contributed by atoms with Crippen molar-refractivity contribution in [3.63, 3.8) is 0 Å². The second kappa shape index (κ2) is 6.26. The minimum absolute atomic E-state index is 0.0761. The molecule has 1 aromatic carbocycles. The summed E-state index contributed by atoms with van der Waals surface area (Å²) in [6.45, 7) is 3.47. The zero-order valence-corrected chi connectivity index (χ0v) is 11.0. The molecule has 0 bridgehead atoms. The number of pyridine rings is 1. The summed E-state index contributed by atoms with van der Waals surface area (Å²) in [6.07, 6.45) is -0.138. The van der Waals surface area contributed by atoms with E-state index in [1.54, 1.807) is 30.3 Å². The summed E-state index contributed by atoms with van der Waals surface area (Å²) < 4.78 is 44.0. The van der Waals surface area contributed by atoms with Gasteiger partial charge < -0.3 is 4.74 Å². The lowest BCUT2D eigenvalue weighted by molar-refractivity contribution is -0.141. The third-order valence-corrected chi connectivity index (χ3v) is 2.49. The Labute approximate surface area is 120 Å². The first-order valence-corrected chi connectivity index (χ1v) is 6.10. The lowest BCUT2D eigenvalue weighted by atomic mass is 10.2. The zero-order chi connectivity index (χ0) is 15.3. The van der Waals surface area contributed by atoms with Crippen LogP contribution >= 0.6 is 0 Å². The van der Waals surface area contributed by atoms with E-state index in [2.05, 4.69) is 11.6 Å². The number of para-hydroxylation sites is 1. The summed E-state index contributed by atoms with van der Waals surface area (Å²) in [5.74, 6) is 0.530. The Morgan fingerprint density at radius 3 is 2.38 bits per heavy atom. The van der Waals surface area contributed by atoms with E-state index in [9.17, 15) is 13.2 Å². The molecular weight excluding hydrogens is 279 g/mol. The highest BCUT2D eigenvalue weighted by atomic mass is 19.4. The maximum atomic E-state index is 12.8. The third-order valence-electron chi connectivity index (χ3n) is 2.49. The Morgan fingerprint density at radius 2 is 1.76 bits per heavy atom.